The Bertz CT molecular complexity index is 331. The molecule has 0 spiro atoms. The average molecular weight is 190 g/mol. The van der Waals surface area contributed by atoms with E-state index < -0.39 is 0 Å². The predicted octanol–water partition coefficient (Wildman–Crippen LogP) is 2.24. The Morgan fingerprint density at radius 2 is 2.36 bits per heavy atom. The Labute approximate surface area is 85.5 Å². The highest BCUT2D eigenvalue weighted by atomic mass is 14.9. The van der Waals surface area contributed by atoms with Crippen molar-refractivity contribution in [2.75, 3.05) is 11.9 Å². The highest BCUT2D eigenvalue weighted by Gasteiger charge is 2.24. The zero-order valence-corrected chi connectivity index (χ0v) is 8.88. The number of rotatable bonds is 2. The zero-order chi connectivity index (χ0) is 10.1. The van der Waals surface area contributed by atoms with E-state index in [0.717, 1.165) is 13.0 Å². The number of hydrogen-bond acceptors (Lipinski definition) is 2. The monoisotopic (exact) mass is 190 g/mol. The summed E-state index contributed by atoms with van der Waals surface area (Å²) in [5, 5.41) is 3.44. The topological polar surface area (TPSA) is 38.0 Å². The van der Waals surface area contributed by atoms with E-state index in [4.69, 9.17) is 5.73 Å². The molecule has 1 aliphatic rings. The third-order valence-corrected chi connectivity index (χ3v) is 2.93. The van der Waals surface area contributed by atoms with E-state index in [1.54, 1.807) is 0 Å². The van der Waals surface area contributed by atoms with Crippen molar-refractivity contribution in [3.8, 4) is 0 Å². The zero-order valence-electron chi connectivity index (χ0n) is 8.88. The lowest BCUT2D eigenvalue weighted by Gasteiger charge is -2.14. The van der Waals surface area contributed by atoms with E-state index in [2.05, 4.69) is 37.4 Å². The first kappa shape index (κ1) is 9.53. The minimum atomic E-state index is 0.285. The van der Waals surface area contributed by atoms with Gasteiger partial charge in [0.25, 0.3) is 0 Å². The highest BCUT2D eigenvalue weighted by molar-refractivity contribution is 5.60. The second-order valence-corrected chi connectivity index (χ2v) is 4.33. The van der Waals surface area contributed by atoms with Crippen LogP contribution >= 0.6 is 0 Å². The molecule has 2 nitrogen and oxygen atoms in total. The summed E-state index contributed by atoms with van der Waals surface area (Å²) in [6, 6.07) is 6.73. The predicted molar refractivity (Wildman–Crippen MR) is 60.7 cm³/mol. The molecule has 0 amide bonds. The SMILES string of the molecule is Cc1cccc2c1C(CC(C)N)CN2. The maximum atomic E-state index is 5.85. The molecule has 1 aromatic rings. The van der Waals surface area contributed by atoms with E-state index >= 15 is 0 Å². The lowest BCUT2D eigenvalue weighted by atomic mass is 9.91. The smallest absolute Gasteiger partial charge is 0.0379 e. The van der Waals surface area contributed by atoms with Crippen LogP contribution in [0.5, 0.6) is 0 Å². The standard InChI is InChI=1S/C12H18N2/c1-8-4-3-5-11-12(8)10(7-14-11)6-9(2)13/h3-5,9-10,14H,6-7,13H2,1-2H3. The molecule has 1 aromatic carbocycles. The maximum Gasteiger partial charge on any atom is 0.0379 e. The third-order valence-electron chi connectivity index (χ3n) is 2.93. The molecule has 76 valence electrons. The summed E-state index contributed by atoms with van der Waals surface area (Å²) >= 11 is 0. The summed E-state index contributed by atoms with van der Waals surface area (Å²) in [6.07, 6.45) is 1.07. The van der Waals surface area contributed by atoms with Crippen LogP contribution in [0.1, 0.15) is 30.4 Å². The first-order valence-electron chi connectivity index (χ1n) is 5.27. The maximum absolute atomic E-state index is 5.85. The van der Waals surface area contributed by atoms with Crippen LogP contribution in [0.2, 0.25) is 0 Å². The highest BCUT2D eigenvalue weighted by Crippen LogP contribution is 2.36. The molecule has 2 heteroatoms. The Balaban J connectivity index is 2.29. The van der Waals surface area contributed by atoms with Gasteiger partial charge >= 0.3 is 0 Å². The Hall–Kier alpha value is -1.02. The van der Waals surface area contributed by atoms with Crippen molar-refractivity contribution < 1.29 is 0 Å². The van der Waals surface area contributed by atoms with Gasteiger partial charge < -0.3 is 11.1 Å². The van der Waals surface area contributed by atoms with Crippen molar-refractivity contribution in [3.05, 3.63) is 29.3 Å². The molecule has 0 saturated carbocycles. The van der Waals surface area contributed by atoms with Crippen molar-refractivity contribution >= 4 is 5.69 Å². The van der Waals surface area contributed by atoms with Crippen LogP contribution in [0.4, 0.5) is 5.69 Å². The van der Waals surface area contributed by atoms with Gasteiger partial charge in [-0.3, -0.25) is 0 Å². The molecule has 2 unspecified atom stereocenters. The second kappa shape index (κ2) is 3.62. The van der Waals surface area contributed by atoms with E-state index in [1.165, 1.54) is 16.8 Å². The van der Waals surface area contributed by atoms with Gasteiger partial charge in [-0.2, -0.15) is 0 Å². The summed E-state index contributed by atoms with van der Waals surface area (Å²) in [5.41, 5.74) is 10.0. The van der Waals surface area contributed by atoms with Gasteiger partial charge in [0.15, 0.2) is 0 Å². The van der Waals surface area contributed by atoms with E-state index in [1.807, 2.05) is 0 Å². The molecule has 1 aliphatic heterocycles. The molecule has 0 fully saturated rings. The summed E-state index contributed by atoms with van der Waals surface area (Å²) in [6.45, 7) is 5.30. The molecule has 0 aromatic heterocycles. The van der Waals surface area contributed by atoms with Gasteiger partial charge in [-0.15, -0.1) is 0 Å². The number of aryl methyl sites for hydroxylation is 1. The molecule has 2 atom stereocenters. The minimum absolute atomic E-state index is 0.285. The summed E-state index contributed by atoms with van der Waals surface area (Å²) in [4.78, 5) is 0. The van der Waals surface area contributed by atoms with Crippen LogP contribution in [0, 0.1) is 6.92 Å². The first-order valence-corrected chi connectivity index (χ1v) is 5.27. The molecule has 1 heterocycles. The van der Waals surface area contributed by atoms with Crippen LogP contribution in [0.25, 0.3) is 0 Å². The molecular formula is C12H18N2. The number of fused-ring (bicyclic) bond motifs is 1. The molecule has 0 saturated heterocycles. The molecule has 3 N–H and O–H groups in total. The van der Waals surface area contributed by atoms with Crippen molar-refractivity contribution in [2.24, 2.45) is 5.73 Å². The summed E-state index contributed by atoms with van der Waals surface area (Å²) < 4.78 is 0. The molecule has 0 bridgehead atoms. The lowest BCUT2D eigenvalue weighted by molar-refractivity contribution is 0.582. The fourth-order valence-electron chi connectivity index (χ4n) is 2.36. The van der Waals surface area contributed by atoms with E-state index in [0.29, 0.717) is 5.92 Å². The van der Waals surface area contributed by atoms with Gasteiger partial charge in [-0.05, 0) is 37.5 Å². The van der Waals surface area contributed by atoms with Gasteiger partial charge in [0.05, 0.1) is 0 Å². The van der Waals surface area contributed by atoms with Crippen LogP contribution < -0.4 is 11.1 Å². The minimum Gasteiger partial charge on any atom is -0.384 e. The van der Waals surface area contributed by atoms with Gasteiger partial charge in [0.2, 0.25) is 0 Å². The molecule has 2 rings (SSSR count). The number of anilines is 1. The molecule has 0 radical (unpaired) electrons. The lowest BCUT2D eigenvalue weighted by Crippen LogP contribution is -2.19. The van der Waals surface area contributed by atoms with Gasteiger partial charge in [0.1, 0.15) is 0 Å². The van der Waals surface area contributed by atoms with Crippen LogP contribution in [-0.4, -0.2) is 12.6 Å². The quantitative estimate of drug-likeness (QED) is 0.750. The largest absolute Gasteiger partial charge is 0.384 e. The number of nitrogens with two attached hydrogens (primary N) is 1. The number of hydrogen-bond donors (Lipinski definition) is 2. The third kappa shape index (κ3) is 1.62. The second-order valence-electron chi connectivity index (χ2n) is 4.33. The average Bonchev–Trinajstić information content (AvgIpc) is 2.49. The Morgan fingerprint density at radius 3 is 3.07 bits per heavy atom. The Kier molecular flexibility index (Phi) is 2.46. The fraction of sp³-hybridized carbons (Fsp3) is 0.500. The van der Waals surface area contributed by atoms with E-state index in [9.17, 15) is 0 Å². The van der Waals surface area contributed by atoms with Gasteiger partial charge in [-0.1, -0.05) is 12.1 Å². The van der Waals surface area contributed by atoms with Crippen molar-refractivity contribution in [3.63, 3.8) is 0 Å². The van der Waals surface area contributed by atoms with Crippen LogP contribution in [0.3, 0.4) is 0 Å². The van der Waals surface area contributed by atoms with Crippen molar-refractivity contribution in [2.45, 2.75) is 32.2 Å². The molecular weight excluding hydrogens is 172 g/mol. The number of nitrogens with one attached hydrogen (secondary N) is 1. The van der Waals surface area contributed by atoms with Gasteiger partial charge in [0, 0.05) is 24.2 Å². The molecule has 0 aliphatic carbocycles. The summed E-state index contributed by atoms with van der Waals surface area (Å²) in [7, 11) is 0. The van der Waals surface area contributed by atoms with Crippen LogP contribution in [0.15, 0.2) is 18.2 Å². The van der Waals surface area contributed by atoms with Crippen molar-refractivity contribution in [1.82, 2.24) is 0 Å². The van der Waals surface area contributed by atoms with Crippen molar-refractivity contribution in [1.29, 1.82) is 0 Å². The number of benzene rings is 1. The summed E-state index contributed by atoms with van der Waals surface area (Å²) in [5.74, 6) is 0.603. The van der Waals surface area contributed by atoms with Crippen LogP contribution in [-0.2, 0) is 0 Å². The molecule has 14 heavy (non-hydrogen) atoms. The first-order chi connectivity index (χ1) is 6.68. The van der Waals surface area contributed by atoms with Gasteiger partial charge in [-0.25, -0.2) is 0 Å². The van der Waals surface area contributed by atoms with E-state index in [-0.39, 0.29) is 6.04 Å². The Morgan fingerprint density at radius 1 is 1.57 bits per heavy atom. The normalized spacial score (nSPS) is 21.5. The fourth-order valence-corrected chi connectivity index (χ4v) is 2.36.